The summed E-state index contributed by atoms with van der Waals surface area (Å²) < 4.78 is 0. The van der Waals surface area contributed by atoms with Crippen LogP contribution in [-0.4, -0.2) is 6.29 Å². The van der Waals surface area contributed by atoms with E-state index in [1.54, 1.807) is 0 Å². The number of rotatable bonds is 4. The Kier molecular flexibility index (Phi) is 3.21. The lowest BCUT2D eigenvalue weighted by Crippen LogP contribution is -2.16. The number of hydrogen-bond acceptors (Lipinski definition) is 1. The second-order valence-corrected chi connectivity index (χ2v) is 6.03. The van der Waals surface area contributed by atoms with E-state index < -0.39 is 0 Å². The van der Waals surface area contributed by atoms with Crippen molar-refractivity contribution in [3.8, 4) is 0 Å². The fourth-order valence-electron chi connectivity index (χ4n) is 3.94. The molecule has 1 nitrogen and oxygen atoms in total. The smallest absolute Gasteiger partial charge is 0.124 e. The predicted molar refractivity (Wildman–Crippen MR) is 81.5 cm³/mol. The van der Waals surface area contributed by atoms with Gasteiger partial charge >= 0.3 is 0 Å². The van der Waals surface area contributed by atoms with Crippen LogP contribution in [0.1, 0.15) is 25.0 Å². The van der Waals surface area contributed by atoms with E-state index in [9.17, 15) is 4.79 Å². The third-order valence-electron chi connectivity index (χ3n) is 4.70. The number of aldehydes is 1. The second kappa shape index (κ2) is 4.90. The Morgan fingerprint density at radius 1 is 0.900 bits per heavy atom. The first kappa shape index (κ1) is 13.1. The molecule has 0 radical (unpaired) electrons. The lowest BCUT2D eigenvalue weighted by Gasteiger charge is -2.20. The van der Waals surface area contributed by atoms with Crippen LogP contribution >= 0.6 is 0 Å². The van der Waals surface area contributed by atoms with Crippen LogP contribution < -0.4 is 0 Å². The van der Waals surface area contributed by atoms with Crippen molar-refractivity contribution >= 4 is 6.29 Å². The van der Waals surface area contributed by atoms with Gasteiger partial charge in [-0.15, -0.1) is 0 Å². The predicted octanol–water partition coefficient (Wildman–Crippen LogP) is 4.07. The summed E-state index contributed by atoms with van der Waals surface area (Å²) in [6, 6.07) is 21.0. The summed E-state index contributed by atoms with van der Waals surface area (Å²) in [5.41, 5.74) is 2.40. The SMILES string of the molecule is CC(C)[C@@H]1[C@@H](C=O)C1(c1ccccc1)c1ccccc1. The minimum absolute atomic E-state index is 0.0901. The van der Waals surface area contributed by atoms with Crippen LogP contribution in [0.25, 0.3) is 0 Å². The molecule has 1 aliphatic rings. The summed E-state index contributed by atoms with van der Waals surface area (Å²) >= 11 is 0. The average molecular weight is 264 g/mol. The Morgan fingerprint density at radius 3 is 1.65 bits per heavy atom. The first-order chi connectivity index (χ1) is 9.72. The molecule has 1 aliphatic carbocycles. The molecule has 0 spiro atoms. The molecule has 0 heterocycles. The molecule has 0 aromatic heterocycles. The Bertz CT molecular complexity index is 546. The number of hydrogen-bond donors (Lipinski definition) is 0. The van der Waals surface area contributed by atoms with Gasteiger partial charge in [-0.1, -0.05) is 74.5 Å². The molecule has 0 N–H and O–H groups in total. The van der Waals surface area contributed by atoms with Crippen molar-refractivity contribution in [1.82, 2.24) is 0 Å². The molecule has 1 heteroatoms. The van der Waals surface area contributed by atoms with E-state index in [0.717, 1.165) is 6.29 Å². The first-order valence-corrected chi connectivity index (χ1v) is 7.29. The molecule has 2 aromatic carbocycles. The fourth-order valence-corrected chi connectivity index (χ4v) is 3.94. The molecule has 0 unspecified atom stereocenters. The number of carbonyl (C=O) groups is 1. The van der Waals surface area contributed by atoms with Crippen molar-refractivity contribution in [2.75, 3.05) is 0 Å². The van der Waals surface area contributed by atoms with E-state index in [0.29, 0.717) is 11.8 Å². The van der Waals surface area contributed by atoms with Crippen LogP contribution in [0.3, 0.4) is 0 Å². The van der Waals surface area contributed by atoms with Gasteiger partial charge in [0.05, 0.1) is 0 Å². The van der Waals surface area contributed by atoms with E-state index in [-0.39, 0.29) is 11.3 Å². The number of benzene rings is 2. The molecule has 102 valence electrons. The molecule has 0 aliphatic heterocycles. The van der Waals surface area contributed by atoms with Crippen LogP contribution in [0.2, 0.25) is 0 Å². The molecule has 2 aromatic rings. The molecule has 0 amide bonds. The highest BCUT2D eigenvalue weighted by atomic mass is 16.1. The van der Waals surface area contributed by atoms with Gasteiger partial charge < -0.3 is 4.79 Å². The number of carbonyl (C=O) groups excluding carboxylic acids is 1. The highest BCUT2D eigenvalue weighted by Crippen LogP contribution is 2.65. The van der Waals surface area contributed by atoms with Gasteiger partial charge in [0, 0.05) is 11.3 Å². The van der Waals surface area contributed by atoms with E-state index in [2.05, 4.69) is 62.4 Å². The van der Waals surface area contributed by atoms with Gasteiger partial charge in [0.1, 0.15) is 6.29 Å². The fraction of sp³-hybridized carbons (Fsp3) is 0.316. The maximum absolute atomic E-state index is 11.6. The van der Waals surface area contributed by atoms with E-state index in [4.69, 9.17) is 0 Å². The maximum Gasteiger partial charge on any atom is 0.124 e. The van der Waals surface area contributed by atoms with Crippen molar-refractivity contribution in [3.63, 3.8) is 0 Å². The molecule has 1 saturated carbocycles. The summed E-state index contributed by atoms with van der Waals surface area (Å²) in [5, 5.41) is 0. The normalized spacial score (nSPS) is 23.6. The van der Waals surface area contributed by atoms with Gasteiger partial charge in [-0.05, 0) is 23.0 Å². The molecule has 20 heavy (non-hydrogen) atoms. The van der Waals surface area contributed by atoms with Crippen molar-refractivity contribution in [1.29, 1.82) is 0 Å². The topological polar surface area (TPSA) is 17.1 Å². The van der Waals surface area contributed by atoms with Crippen LogP contribution in [0.4, 0.5) is 0 Å². The lowest BCUT2D eigenvalue weighted by atomic mass is 9.82. The molecule has 1 fully saturated rings. The van der Waals surface area contributed by atoms with E-state index >= 15 is 0 Å². The summed E-state index contributed by atoms with van der Waals surface area (Å²) in [4.78, 5) is 11.6. The minimum atomic E-state index is -0.127. The van der Waals surface area contributed by atoms with Crippen molar-refractivity contribution in [2.24, 2.45) is 17.8 Å². The van der Waals surface area contributed by atoms with Gasteiger partial charge in [-0.3, -0.25) is 0 Å². The lowest BCUT2D eigenvalue weighted by molar-refractivity contribution is -0.109. The average Bonchev–Trinajstić information content (AvgIpc) is 3.19. The van der Waals surface area contributed by atoms with Gasteiger partial charge in [-0.25, -0.2) is 0 Å². The van der Waals surface area contributed by atoms with Crippen molar-refractivity contribution < 1.29 is 4.79 Å². The molecule has 3 rings (SSSR count). The summed E-state index contributed by atoms with van der Waals surface area (Å²) in [5.74, 6) is 0.975. The van der Waals surface area contributed by atoms with Gasteiger partial charge in [0.15, 0.2) is 0 Å². The monoisotopic (exact) mass is 264 g/mol. The van der Waals surface area contributed by atoms with Crippen LogP contribution in [0.5, 0.6) is 0 Å². The molecule has 2 atom stereocenters. The Hall–Kier alpha value is -1.89. The zero-order chi connectivity index (χ0) is 14.2. The molecular formula is C19H20O. The summed E-state index contributed by atoms with van der Waals surface area (Å²) in [6.45, 7) is 4.43. The molecule has 0 saturated heterocycles. The van der Waals surface area contributed by atoms with E-state index in [1.165, 1.54) is 11.1 Å². The van der Waals surface area contributed by atoms with Crippen LogP contribution in [-0.2, 0) is 10.2 Å². The first-order valence-electron chi connectivity index (χ1n) is 7.29. The van der Waals surface area contributed by atoms with Gasteiger partial charge in [-0.2, -0.15) is 0 Å². The zero-order valence-corrected chi connectivity index (χ0v) is 12.0. The summed E-state index contributed by atoms with van der Waals surface area (Å²) in [7, 11) is 0. The van der Waals surface area contributed by atoms with E-state index in [1.807, 2.05) is 12.1 Å². The zero-order valence-electron chi connectivity index (χ0n) is 12.0. The second-order valence-electron chi connectivity index (χ2n) is 6.03. The summed E-state index contributed by atoms with van der Waals surface area (Å²) in [6.07, 6.45) is 1.16. The minimum Gasteiger partial charge on any atom is -0.303 e. The maximum atomic E-state index is 11.6. The van der Waals surface area contributed by atoms with Crippen LogP contribution in [0.15, 0.2) is 60.7 Å². The van der Waals surface area contributed by atoms with Crippen molar-refractivity contribution in [3.05, 3.63) is 71.8 Å². The highest BCUT2D eigenvalue weighted by Gasteiger charge is 2.66. The largest absolute Gasteiger partial charge is 0.303 e. The van der Waals surface area contributed by atoms with Gasteiger partial charge in [0.25, 0.3) is 0 Å². The van der Waals surface area contributed by atoms with Crippen molar-refractivity contribution in [2.45, 2.75) is 19.3 Å². The molecule has 0 bridgehead atoms. The Morgan fingerprint density at radius 2 is 1.35 bits per heavy atom. The third-order valence-corrected chi connectivity index (χ3v) is 4.70. The molecular weight excluding hydrogens is 244 g/mol. The third kappa shape index (κ3) is 1.73. The van der Waals surface area contributed by atoms with Gasteiger partial charge in [0.2, 0.25) is 0 Å². The quantitative estimate of drug-likeness (QED) is 0.761. The Balaban J connectivity index is 2.18. The highest BCUT2D eigenvalue weighted by molar-refractivity contribution is 5.70. The van der Waals surface area contributed by atoms with Crippen LogP contribution in [0, 0.1) is 17.8 Å². The standard InChI is InChI=1S/C19H20O/c1-14(2)18-17(13-20)19(18,15-9-5-3-6-10-15)16-11-7-4-8-12-16/h3-14,17-18H,1-2H3/t17-,18-/m1/s1. The Labute approximate surface area is 120 Å².